The molecule has 0 atom stereocenters. The monoisotopic (exact) mass is 352 g/mol. The number of rotatable bonds is 4. The zero-order chi connectivity index (χ0) is 18.0. The number of thiocarbonyl (C=S) groups is 1. The van der Waals surface area contributed by atoms with Crippen molar-refractivity contribution in [3.8, 4) is 11.5 Å². The molecule has 1 aromatic carbocycles. The molecule has 1 fully saturated rings. The Morgan fingerprint density at radius 1 is 1.04 bits per heavy atom. The van der Waals surface area contributed by atoms with Crippen molar-refractivity contribution in [2.45, 2.75) is 57.7 Å². The van der Waals surface area contributed by atoms with Crippen LogP contribution in [-0.2, 0) is 0 Å². The van der Waals surface area contributed by atoms with Crippen molar-refractivity contribution >= 4 is 23.0 Å². The summed E-state index contributed by atoms with van der Waals surface area (Å²) in [7, 11) is 3.27. The molecule has 0 aliphatic carbocycles. The summed E-state index contributed by atoms with van der Waals surface area (Å²) in [6, 6.07) is 5.99. The fourth-order valence-electron chi connectivity index (χ4n) is 3.85. The summed E-state index contributed by atoms with van der Waals surface area (Å²) in [5, 5.41) is 9.80. The Morgan fingerprint density at radius 3 is 2.00 bits per heavy atom. The zero-order valence-corrected chi connectivity index (χ0v) is 16.3. The van der Waals surface area contributed by atoms with E-state index in [2.05, 4.69) is 43.6 Å². The van der Waals surface area contributed by atoms with E-state index < -0.39 is 0 Å². The number of nitrogens with two attached hydrogens (primary N) is 1. The molecule has 5 nitrogen and oxygen atoms in total. The quantitative estimate of drug-likeness (QED) is 0.726. The van der Waals surface area contributed by atoms with Crippen LogP contribution in [0, 0.1) is 0 Å². The molecular formula is C18H30N3O2S+. The first-order chi connectivity index (χ1) is 11.1. The number of ether oxygens (including phenoxy) is 2. The lowest BCUT2D eigenvalue weighted by Gasteiger charge is -2.43. The van der Waals surface area contributed by atoms with Gasteiger partial charge in [-0.2, -0.15) is 0 Å². The molecule has 1 aromatic rings. The van der Waals surface area contributed by atoms with Gasteiger partial charge in [0.05, 0.1) is 25.3 Å². The zero-order valence-electron chi connectivity index (χ0n) is 15.5. The number of hydrogen-bond donors (Lipinski definition) is 3. The van der Waals surface area contributed by atoms with Gasteiger partial charge in [0.25, 0.3) is 0 Å². The molecular weight excluding hydrogens is 322 g/mol. The predicted molar refractivity (Wildman–Crippen MR) is 102 cm³/mol. The summed E-state index contributed by atoms with van der Waals surface area (Å²) in [4.78, 5) is 0. The first-order valence-corrected chi connectivity index (χ1v) is 8.71. The van der Waals surface area contributed by atoms with Gasteiger partial charge in [0.1, 0.15) is 11.5 Å². The van der Waals surface area contributed by atoms with Crippen LogP contribution in [0.3, 0.4) is 0 Å². The summed E-state index contributed by atoms with van der Waals surface area (Å²) in [6.07, 6.45) is 2.14. The van der Waals surface area contributed by atoms with Crippen LogP contribution in [0.2, 0.25) is 0 Å². The molecule has 24 heavy (non-hydrogen) atoms. The lowest BCUT2D eigenvalue weighted by atomic mass is 9.80. The van der Waals surface area contributed by atoms with Gasteiger partial charge in [0.15, 0.2) is 5.11 Å². The number of piperidine rings is 1. The van der Waals surface area contributed by atoms with Crippen molar-refractivity contribution in [1.29, 1.82) is 0 Å². The van der Waals surface area contributed by atoms with Crippen LogP contribution in [0.25, 0.3) is 0 Å². The smallest absolute Gasteiger partial charge is 0.171 e. The lowest BCUT2D eigenvalue weighted by Crippen LogP contribution is -3.06. The number of quaternary nitrogens is 1. The maximum atomic E-state index is 5.51. The lowest BCUT2D eigenvalue weighted by molar-refractivity contribution is -0.787. The van der Waals surface area contributed by atoms with Crippen LogP contribution in [0.4, 0.5) is 5.69 Å². The molecule has 1 aliphatic heterocycles. The molecule has 1 heterocycles. The Kier molecular flexibility index (Phi) is 5.60. The van der Waals surface area contributed by atoms with Gasteiger partial charge in [-0.15, -0.1) is 0 Å². The van der Waals surface area contributed by atoms with E-state index in [1.54, 1.807) is 14.2 Å². The van der Waals surface area contributed by atoms with Crippen molar-refractivity contribution in [1.82, 2.24) is 5.32 Å². The van der Waals surface area contributed by atoms with Crippen molar-refractivity contribution in [2.75, 3.05) is 19.5 Å². The molecule has 0 saturated carbocycles. The number of nitrogens with one attached hydrogen (secondary N) is 2. The largest absolute Gasteiger partial charge is 0.497 e. The third kappa shape index (κ3) is 5.24. The average Bonchev–Trinajstić information content (AvgIpc) is 2.42. The first kappa shape index (κ1) is 18.8. The summed E-state index contributed by atoms with van der Waals surface area (Å²) in [5.74, 6) is 1.46. The molecule has 6 heteroatoms. The van der Waals surface area contributed by atoms with E-state index in [-0.39, 0.29) is 11.1 Å². The van der Waals surface area contributed by atoms with Crippen LogP contribution in [0.5, 0.6) is 11.5 Å². The second-order valence-corrected chi connectivity index (χ2v) is 8.33. The van der Waals surface area contributed by atoms with Gasteiger partial charge in [-0.3, -0.25) is 0 Å². The molecule has 0 aromatic heterocycles. The van der Waals surface area contributed by atoms with E-state index in [9.17, 15) is 0 Å². The molecule has 0 bridgehead atoms. The summed E-state index contributed by atoms with van der Waals surface area (Å²) >= 11 is 5.51. The van der Waals surface area contributed by atoms with E-state index >= 15 is 0 Å². The van der Waals surface area contributed by atoms with Gasteiger partial charge in [-0.1, -0.05) is 0 Å². The highest BCUT2D eigenvalue weighted by Gasteiger charge is 2.41. The van der Waals surface area contributed by atoms with Crippen molar-refractivity contribution < 1.29 is 14.8 Å². The average molecular weight is 353 g/mol. The summed E-state index contributed by atoms with van der Waals surface area (Å²) < 4.78 is 10.6. The topological polar surface area (TPSA) is 59.1 Å². The Balaban J connectivity index is 2.03. The van der Waals surface area contributed by atoms with Crippen LogP contribution in [0.15, 0.2) is 18.2 Å². The van der Waals surface area contributed by atoms with E-state index in [0.717, 1.165) is 30.0 Å². The second kappa shape index (κ2) is 7.15. The van der Waals surface area contributed by atoms with E-state index in [1.807, 2.05) is 18.2 Å². The third-order valence-electron chi connectivity index (χ3n) is 4.27. The van der Waals surface area contributed by atoms with Crippen molar-refractivity contribution in [3.05, 3.63) is 18.2 Å². The standard InChI is InChI=1S/C18H29N3O2S/c1-17(2)10-13(11-18(3,4)21-17)20-16(24)19-12-7-14(22-5)9-15(8-12)23-6/h7-9,13,21H,10-11H2,1-6H3,(H2,19,20,24)/p+1. The minimum atomic E-state index is 0.203. The molecule has 4 N–H and O–H groups in total. The number of benzene rings is 1. The number of anilines is 1. The maximum Gasteiger partial charge on any atom is 0.171 e. The van der Waals surface area contributed by atoms with Crippen molar-refractivity contribution in [2.24, 2.45) is 0 Å². The number of methoxy groups -OCH3 is 2. The highest BCUT2D eigenvalue weighted by Crippen LogP contribution is 2.26. The molecule has 1 aliphatic rings. The van der Waals surface area contributed by atoms with Crippen LogP contribution in [0.1, 0.15) is 40.5 Å². The Bertz CT molecular complexity index is 564. The Hall–Kier alpha value is -1.53. The van der Waals surface area contributed by atoms with Gasteiger partial charge < -0.3 is 25.4 Å². The normalized spacial score (nSPS) is 19.4. The Morgan fingerprint density at radius 2 is 1.54 bits per heavy atom. The third-order valence-corrected chi connectivity index (χ3v) is 4.49. The second-order valence-electron chi connectivity index (χ2n) is 7.93. The first-order valence-electron chi connectivity index (χ1n) is 8.30. The molecule has 2 rings (SSSR count). The van der Waals surface area contributed by atoms with E-state index in [0.29, 0.717) is 11.2 Å². The SMILES string of the molecule is COc1cc(NC(=S)NC2CC(C)(C)[NH2+]C(C)(C)C2)cc(OC)c1. The highest BCUT2D eigenvalue weighted by molar-refractivity contribution is 7.80. The maximum absolute atomic E-state index is 5.51. The highest BCUT2D eigenvalue weighted by atomic mass is 32.1. The van der Waals surface area contributed by atoms with E-state index in [4.69, 9.17) is 21.7 Å². The van der Waals surface area contributed by atoms with Crippen molar-refractivity contribution in [3.63, 3.8) is 0 Å². The summed E-state index contributed by atoms with van der Waals surface area (Å²) in [5.41, 5.74) is 1.26. The number of hydrogen-bond acceptors (Lipinski definition) is 3. The molecule has 1 saturated heterocycles. The van der Waals surface area contributed by atoms with Crippen LogP contribution >= 0.6 is 12.2 Å². The molecule has 0 radical (unpaired) electrons. The minimum absolute atomic E-state index is 0.203. The summed E-state index contributed by atoms with van der Waals surface area (Å²) in [6.45, 7) is 9.13. The van der Waals surface area contributed by atoms with Gasteiger partial charge >= 0.3 is 0 Å². The van der Waals surface area contributed by atoms with Gasteiger partial charge in [-0.05, 0) is 39.9 Å². The molecule has 134 valence electrons. The van der Waals surface area contributed by atoms with E-state index in [1.165, 1.54) is 0 Å². The molecule has 0 spiro atoms. The van der Waals surface area contributed by atoms with Gasteiger partial charge in [-0.25, -0.2) is 0 Å². The molecule has 0 amide bonds. The predicted octanol–water partition coefficient (Wildman–Crippen LogP) is 2.27. The van der Waals surface area contributed by atoms with Gasteiger partial charge in [0.2, 0.25) is 0 Å². The van der Waals surface area contributed by atoms with Crippen LogP contribution < -0.4 is 25.4 Å². The Labute approximate surface area is 150 Å². The van der Waals surface area contributed by atoms with Crippen LogP contribution in [-0.4, -0.2) is 36.5 Å². The fourth-order valence-corrected chi connectivity index (χ4v) is 4.14. The molecule has 0 unspecified atom stereocenters. The minimum Gasteiger partial charge on any atom is -0.497 e. The van der Waals surface area contributed by atoms with Gasteiger partial charge in [0, 0.05) is 42.8 Å². The fraction of sp³-hybridized carbons (Fsp3) is 0.611.